The molecule has 2 N–H and O–H groups in total. The number of carbonyl (C=O) groups excluding carboxylic acids is 1. The normalized spacial score (nSPS) is 10.5. The number of hydrogen-bond acceptors (Lipinski definition) is 3. The van der Waals surface area contributed by atoms with Crippen molar-refractivity contribution in [2.75, 3.05) is 10.6 Å². The van der Waals surface area contributed by atoms with Gasteiger partial charge in [-0.2, -0.15) is 0 Å². The van der Waals surface area contributed by atoms with E-state index in [4.69, 9.17) is 0 Å². The van der Waals surface area contributed by atoms with E-state index in [1.165, 1.54) is 12.3 Å². The van der Waals surface area contributed by atoms with Crippen LogP contribution in [0.1, 0.15) is 11.1 Å². The number of hydrogen-bond donors (Lipinski definition) is 2. The van der Waals surface area contributed by atoms with Gasteiger partial charge in [0.2, 0.25) is 5.91 Å². The van der Waals surface area contributed by atoms with E-state index in [2.05, 4.69) is 15.6 Å². The maximum Gasteiger partial charge on any atom is 0.228 e. The van der Waals surface area contributed by atoms with E-state index in [0.717, 1.165) is 23.3 Å². The van der Waals surface area contributed by atoms with Crippen molar-refractivity contribution in [3.63, 3.8) is 0 Å². The van der Waals surface area contributed by atoms with Crippen molar-refractivity contribution in [2.24, 2.45) is 0 Å². The lowest BCUT2D eigenvalue weighted by Gasteiger charge is -2.10. The lowest BCUT2D eigenvalue weighted by atomic mass is 10.1. The molecule has 2 aromatic carbocycles. The molecule has 0 aliphatic carbocycles. The zero-order valence-electron chi connectivity index (χ0n) is 14.4. The van der Waals surface area contributed by atoms with Gasteiger partial charge in [0, 0.05) is 0 Å². The highest BCUT2D eigenvalue weighted by atomic mass is 19.2. The summed E-state index contributed by atoms with van der Waals surface area (Å²) in [7, 11) is 0. The fourth-order valence-corrected chi connectivity index (χ4v) is 2.49. The van der Waals surface area contributed by atoms with Gasteiger partial charge in [-0.25, -0.2) is 18.2 Å². The standard InChI is InChI=1S/C20H16F3N3O/c1-12-4-2-3-5-13(12)10-18(27)25-14-6-9-17(24-11-14)26-16-8-7-15(21)19(22)20(16)23/h2-9,11H,10H2,1H3,(H,24,26)(H,25,27). The van der Waals surface area contributed by atoms with Crippen molar-refractivity contribution < 1.29 is 18.0 Å². The van der Waals surface area contributed by atoms with Gasteiger partial charge in [0.25, 0.3) is 0 Å². The highest BCUT2D eigenvalue weighted by Gasteiger charge is 2.14. The van der Waals surface area contributed by atoms with E-state index >= 15 is 0 Å². The Kier molecular flexibility index (Phi) is 5.40. The van der Waals surface area contributed by atoms with Crippen LogP contribution in [0.15, 0.2) is 54.7 Å². The lowest BCUT2D eigenvalue weighted by molar-refractivity contribution is -0.115. The van der Waals surface area contributed by atoms with E-state index in [0.29, 0.717) is 5.69 Å². The molecule has 0 radical (unpaired) electrons. The molecular weight excluding hydrogens is 355 g/mol. The van der Waals surface area contributed by atoms with Crippen molar-refractivity contribution in [3.05, 3.63) is 83.3 Å². The van der Waals surface area contributed by atoms with Crippen LogP contribution < -0.4 is 10.6 Å². The van der Waals surface area contributed by atoms with Gasteiger partial charge in [0.1, 0.15) is 5.82 Å². The second kappa shape index (κ2) is 7.90. The number of anilines is 3. The lowest BCUT2D eigenvalue weighted by Crippen LogP contribution is -2.15. The molecule has 0 saturated carbocycles. The Balaban J connectivity index is 1.64. The number of pyridine rings is 1. The number of aryl methyl sites for hydroxylation is 1. The van der Waals surface area contributed by atoms with Crippen LogP contribution >= 0.6 is 0 Å². The summed E-state index contributed by atoms with van der Waals surface area (Å²) < 4.78 is 39.9. The maximum absolute atomic E-state index is 13.7. The first-order valence-electron chi connectivity index (χ1n) is 8.15. The Hall–Kier alpha value is -3.35. The molecule has 1 heterocycles. The summed E-state index contributed by atoms with van der Waals surface area (Å²) in [5.74, 6) is -4.12. The molecule has 0 bridgehead atoms. The zero-order chi connectivity index (χ0) is 19.4. The van der Waals surface area contributed by atoms with Gasteiger partial charge in [-0.05, 0) is 42.3 Å². The number of rotatable bonds is 5. The molecule has 4 nitrogen and oxygen atoms in total. The molecule has 0 fully saturated rings. The third-order valence-corrected chi connectivity index (χ3v) is 3.96. The fraction of sp³-hybridized carbons (Fsp3) is 0.100. The smallest absolute Gasteiger partial charge is 0.228 e. The first-order valence-corrected chi connectivity index (χ1v) is 8.15. The summed E-state index contributed by atoms with van der Waals surface area (Å²) in [6.45, 7) is 1.93. The van der Waals surface area contributed by atoms with Gasteiger partial charge in [0.15, 0.2) is 17.5 Å². The highest BCUT2D eigenvalue weighted by molar-refractivity contribution is 5.92. The van der Waals surface area contributed by atoms with E-state index in [-0.39, 0.29) is 23.8 Å². The summed E-state index contributed by atoms with van der Waals surface area (Å²) in [4.78, 5) is 16.2. The molecule has 0 spiro atoms. The number of nitrogens with one attached hydrogen (secondary N) is 2. The van der Waals surface area contributed by atoms with Crippen molar-refractivity contribution in [1.82, 2.24) is 4.98 Å². The molecule has 27 heavy (non-hydrogen) atoms. The predicted molar refractivity (Wildman–Crippen MR) is 97.3 cm³/mol. The van der Waals surface area contributed by atoms with Gasteiger partial charge < -0.3 is 10.6 Å². The zero-order valence-corrected chi connectivity index (χ0v) is 14.4. The molecule has 1 aromatic heterocycles. The minimum absolute atomic E-state index is 0.196. The Morgan fingerprint density at radius 3 is 2.48 bits per heavy atom. The van der Waals surface area contributed by atoms with Crippen molar-refractivity contribution in [3.8, 4) is 0 Å². The third kappa shape index (κ3) is 4.44. The van der Waals surface area contributed by atoms with Crippen molar-refractivity contribution in [1.29, 1.82) is 0 Å². The van der Waals surface area contributed by atoms with Gasteiger partial charge >= 0.3 is 0 Å². The molecule has 138 valence electrons. The maximum atomic E-state index is 13.7. The molecular formula is C20H16F3N3O. The number of halogens is 3. The van der Waals surface area contributed by atoms with Crippen LogP contribution in [0.5, 0.6) is 0 Å². The average molecular weight is 371 g/mol. The molecule has 0 saturated heterocycles. The first-order chi connectivity index (χ1) is 12.9. The minimum Gasteiger partial charge on any atom is -0.338 e. The number of aromatic nitrogens is 1. The summed E-state index contributed by atoms with van der Waals surface area (Å²) in [5, 5.41) is 5.29. The Morgan fingerprint density at radius 2 is 1.78 bits per heavy atom. The Morgan fingerprint density at radius 1 is 1.00 bits per heavy atom. The van der Waals surface area contributed by atoms with E-state index < -0.39 is 17.5 Å². The molecule has 0 unspecified atom stereocenters. The van der Waals surface area contributed by atoms with Gasteiger partial charge in [0.05, 0.1) is 24.0 Å². The van der Waals surface area contributed by atoms with Crippen molar-refractivity contribution >= 4 is 23.1 Å². The largest absolute Gasteiger partial charge is 0.338 e. The number of nitrogens with zero attached hydrogens (tertiary/aromatic N) is 1. The predicted octanol–water partition coefficient (Wildman–Crippen LogP) is 4.73. The minimum atomic E-state index is -1.56. The van der Waals surface area contributed by atoms with Crippen molar-refractivity contribution in [2.45, 2.75) is 13.3 Å². The second-order valence-electron chi connectivity index (χ2n) is 5.93. The van der Waals surface area contributed by atoms with Gasteiger partial charge in [-0.15, -0.1) is 0 Å². The third-order valence-electron chi connectivity index (χ3n) is 3.96. The van der Waals surface area contributed by atoms with Crippen LogP contribution in [0.2, 0.25) is 0 Å². The average Bonchev–Trinajstić information content (AvgIpc) is 2.65. The quantitative estimate of drug-likeness (QED) is 0.638. The molecule has 0 aliphatic rings. The fourth-order valence-electron chi connectivity index (χ4n) is 2.49. The van der Waals surface area contributed by atoms with Crippen LogP contribution in [0, 0.1) is 24.4 Å². The monoisotopic (exact) mass is 371 g/mol. The second-order valence-corrected chi connectivity index (χ2v) is 5.93. The van der Waals surface area contributed by atoms with Gasteiger partial charge in [-0.1, -0.05) is 24.3 Å². The molecule has 3 rings (SSSR count). The van der Waals surface area contributed by atoms with Crippen LogP contribution in [0.4, 0.5) is 30.4 Å². The number of carbonyl (C=O) groups is 1. The van der Waals surface area contributed by atoms with E-state index in [9.17, 15) is 18.0 Å². The molecule has 7 heteroatoms. The summed E-state index contributed by atoms with van der Waals surface area (Å²) in [6.07, 6.45) is 1.61. The van der Waals surface area contributed by atoms with E-state index in [1.54, 1.807) is 6.07 Å². The Bertz CT molecular complexity index is 975. The topological polar surface area (TPSA) is 54.0 Å². The first kappa shape index (κ1) is 18.4. The summed E-state index contributed by atoms with van der Waals surface area (Å²) >= 11 is 0. The molecule has 1 amide bonds. The Labute approximate surface area is 154 Å². The summed E-state index contributed by atoms with van der Waals surface area (Å²) in [6, 6.07) is 12.6. The number of benzene rings is 2. The molecule has 0 aliphatic heterocycles. The SMILES string of the molecule is Cc1ccccc1CC(=O)Nc1ccc(Nc2ccc(F)c(F)c2F)nc1. The highest BCUT2D eigenvalue weighted by Crippen LogP contribution is 2.23. The van der Waals surface area contributed by atoms with Crippen LogP contribution in [-0.2, 0) is 11.2 Å². The van der Waals surface area contributed by atoms with Crippen LogP contribution in [0.25, 0.3) is 0 Å². The van der Waals surface area contributed by atoms with Crippen LogP contribution in [0.3, 0.4) is 0 Å². The van der Waals surface area contributed by atoms with Gasteiger partial charge in [-0.3, -0.25) is 4.79 Å². The van der Waals surface area contributed by atoms with Crippen LogP contribution in [-0.4, -0.2) is 10.9 Å². The molecule has 3 aromatic rings. The number of amides is 1. The van der Waals surface area contributed by atoms with E-state index in [1.807, 2.05) is 31.2 Å². The molecule has 0 atom stereocenters. The summed E-state index contributed by atoms with van der Waals surface area (Å²) in [5.41, 5.74) is 2.18.